The molecule has 18 heavy (non-hydrogen) atoms. The van der Waals surface area contributed by atoms with Gasteiger partial charge in [-0.1, -0.05) is 0 Å². The summed E-state index contributed by atoms with van der Waals surface area (Å²) in [4.78, 5) is 3.99. The lowest BCUT2D eigenvalue weighted by Crippen LogP contribution is -2.07. The van der Waals surface area contributed by atoms with Gasteiger partial charge in [-0.15, -0.1) is 11.8 Å². The van der Waals surface area contributed by atoms with Crippen LogP contribution >= 0.6 is 23.7 Å². The molecule has 1 aromatic carbocycles. The predicted molar refractivity (Wildman–Crippen MR) is 75.9 cm³/mol. The second-order valence-electron chi connectivity index (χ2n) is 3.51. The highest BCUT2D eigenvalue weighted by molar-refractivity contribution is 8.03. The van der Waals surface area contributed by atoms with Gasteiger partial charge in [0.05, 0.1) is 10.8 Å². The maximum atomic E-state index is 13.5. The zero-order valence-electron chi connectivity index (χ0n) is 10.2. The first-order valence-electron chi connectivity index (χ1n) is 5.11. The van der Waals surface area contributed by atoms with Gasteiger partial charge in [0.25, 0.3) is 0 Å². The lowest BCUT2D eigenvalue weighted by molar-refractivity contribution is 0.557. The maximum absolute atomic E-state index is 13.5. The number of halogens is 2. The molecule has 0 bridgehead atoms. The molecule has 6 heteroatoms. The van der Waals surface area contributed by atoms with E-state index in [1.54, 1.807) is 18.5 Å². The average molecular weight is 288 g/mol. The normalized spacial score (nSPS) is 11.4. The van der Waals surface area contributed by atoms with Crippen molar-refractivity contribution in [2.75, 3.05) is 12.9 Å². The summed E-state index contributed by atoms with van der Waals surface area (Å²) in [5.41, 5.74) is 0.440. The van der Waals surface area contributed by atoms with E-state index in [2.05, 4.69) is 11.7 Å². The first-order chi connectivity index (χ1) is 8.54. The van der Waals surface area contributed by atoms with Crippen LogP contribution in [0.25, 0.3) is 0 Å². The molecule has 0 atom stereocenters. The number of nitrogens with zero attached hydrogens (tertiary/aromatic N) is 2. The highest BCUT2D eigenvalue weighted by atomic mass is 32.2. The van der Waals surface area contributed by atoms with E-state index in [4.69, 9.17) is 0 Å². The third kappa shape index (κ3) is 4.80. The number of aryl methyl sites for hydroxylation is 1. The molecule has 1 rings (SSSR count). The fourth-order valence-corrected chi connectivity index (χ4v) is 2.70. The van der Waals surface area contributed by atoms with E-state index in [1.807, 2.05) is 11.4 Å². The van der Waals surface area contributed by atoms with Crippen molar-refractivity contribution < 1.29 is 8.78 Å². The van der Waals surface area contributed by atoms with Crippen molar-refractivity contribution in [1.29, 1.82) is 0 Å². The predicted octanol–water partition coefficient (Wildman–Crippen LogP) is 4.07. The molecule has 0 fully saturated rings. The zero-order chi connectivity index (χ0) is 13.5. The van der Waals surface area contributed by atoms with Gasteiger partial charge in [-0.2, -0.15) is 0 Å². The molecule has 0 N–H and O–H groups in total. The second kappa shape index (κ2) is 7.56. The fourth-order valence-electron chi connectivity index (χ4n) is 1.13. The molecular weight excluding hydrogens is 274 g/mol. The second-order valence-corrected chi connectivity index (χ2v) is 5.62. The number of thioether (sulfide) groups is 1. The molecule has 0 aliphatic rings. The lowest BCUT2D eigenvalue weighted by atomic mass is 10.2. The molecule has 0 radical (unpaired) electrons. The van der Waals surface area contributed by atoms with Crippen molar-refractivity contribution in [3.05, 3.63) is 40.9 Å². The topological polar surface area (TPSA) is 15.6 Å². The molecule has 98 valence electrons. The molecule has 0 saturated heterocycles. The Morgan fingerprint density at radius 1 is 1.39 bits per heavy atom. The van der Waals surface area contributed by atoms with Gasteiger partial charge >= 0.3 is 0 Å². The van der Waals surface area contributed by atoms with Crippen LogP contribution in [0.1, 0.15) is 5.56 Å². The number of benzene rings is 1. The Kier molecular flexibility index (Phi) is 6.38. The Morgan fingerprint density at radius 2 is 2.11 bits per heavy atom. The molecule has 0 unspecified atom stereocenters. The van der Waals surface area contributed by atoms with E-state index in [0.717, 1.165) is 6.07 Å². The van der Waals surface area contributed by atoms with E-state index in [9.17, 15) is 8.78 Å². The van der Waals surface area contributed by atoms with Crippen LogP contribution in [0.2, 0.25) is 0 Å². The number of hydrogen-bond acceptors (Lipinski definition) is 4. The molecule has 0 aliphatic carbocycles. The smallest absolute Gasteiger partial charge is 0.141 e. The molecule has 0 aliphatic heterocycles. The summed E-state index contributed by atoms with van der Waals surface area (Å²) >= 11 is 2.75. The Morgan fingerprint density at radius 3 is 2.78 bits per heavy atom. The summed E-state index contributed by atoms with van der Waals surface area (Å²) in [6.07, 6.45) is 1.59. The van der Waals surface area contributed by atoms with Gasteiger partial charge in [-0.25, -0.2) is 13.1 Å². The highest BCUT2D eigenvalue weighted by Crippen LogP contribution is 2.27. The third-order valence-corrected chi connectivity index (χ3v) is 3.95. The van der Waals surface area contributed by atoms with E-state index in [1.165, 1.54) is 29.8 Å². The molecule has 0 amide bonds. The Labute approximate surface area is 114 Å². The van der Waals surface area contributed by atoms with Gasteiger partial charge in [0.1, 0.15) is 11.6 Å². The van der Waals surface area contributed by atoms with Crippen LogP contribution in [0.3, 0.4) is 0 Å². The van der Waals surface area contributed by atoms with Gasteiger partial charge in [-0.3, -0.25) is 4.99 Å². The Bertz CT molecular complexity index is 450. The molecule has 0 aromatic heterocycles. The summed E-state index contributed by atoms with van der Waals surface area (Å²) < 4.78 is 28.4. The van der Waals surface area contributed by atoms with Crippen LogP contribution in [0.15, 0.2) is 33.6 Å². The van der Waals surface area contributed by atoms with Crippen molar-refractivity contribution in [2.45, 2.75) is 11.8 Å². The van der Waals surface area contributed by atoms with Gasteiger partial charge in [-0.05, 0) is 49.7 Å². The summed E-state index contributed by atoms with van der Waals surface area (Å²) in [5, 5.41) is 1.80. The van der Waals surface area contributed by atoms with Crippen molar-refractivity contribution >= 4 is 30.4 Å². The van der Waals surface area contributed by atoms with Gasteiger partial charge in [0.2, 0.25) is 0 Å². The van der Waals surface area contributed by atoms with Crippen LogP contribution in [0, 0.1) is 18.6 Å². The first-order valence-corrected chi connectivity index (χ1v) is 6.94. The van der Waals surface area contributed by atoms with Crippen LogP contribution in [0.5, 0.6) is 0 Å². The van der Waals surface area contributed by atoms with Crippen LogP contribution in [-0.4, -0.2) is 23.9 Å². The average Bonchev–Trinajstić information content (AvgIpc) is 2.32. The Balaban J connectivity index is 2.58. The number of hydrogen-bond donors (Lipinski definition) is 0. The number of aliphatic imine (C=N–C) groups is 1. The van der Waals surface area contributed by atoms with E-state index < -0.39 is 11.6 Å². The standard InChI is InChI=1S/C12H14F2N2S2/c1-9-6-12(11(14)7-10(9)13)18-16(3)8-17-5-4-15-2/h4-7H,2,8H2,1,3H3/b5-4-. The van der Waals surface area contributed by atoms with E-state index in [-0.39, 0.29) is 0 Å². The van der Waals surface area contributed by atoms with Crippen molar-refractivity contribution in [2.24, 2.45) is 4.99 Å². The minimum atomic E-state index is -0.539. The summed E-state index contributed by atoms with van der Waals surface area (Å²) in [5.74, 6) is -0.399. The zero-order valence-corrected chi connectivity index (χ0v) is 11.8. The van der Waals surface area contributed by atoms with Crippen LogP contribution in [0.4, 0.5) is 8.78 Å². The summed E-state index contributed by atoms with van der Waals surface area (Å²) in [7, 11) is 1.84. The van der Waals surface area contributed by atoms with Crippen LogP contribution < -0.4 is 0 Å². The van der Waals surface area contributed by atoms with Crippen molar-refractivity contribution in [3.8, 4) is 0 Å². The molecule has 2 nitrogen and oxygen atoms in total. The van der Waals surface area contributed by atoms with Crippen molar-refractivity contribution in [3.63, 3.8) is 0 Å². The van der Waals surface area contributed by atoms with E-state index >= 15 is 0 Å². The molecule has 0 saturated carbocycles. The molecular formula is C12H14F2N2S2. The van der Waals surface area contributed by atoms with E-state index in [0.29, 0.717) is 16.3 Å². The van der Waals surface area contributed by atoms with Gasteiger partial charge < -0.3 is 0 Å². The first kappa shape index (κ1) is 15.2. The largest absolute Gasteiger partial charge is 0.272 e. The monoisotopic (exact) mass is 288 g/mol. The fraction of sp³-hybridized carbons (Fsp3) is 0.250. The van der Waals surface area contributed by atoms with Gasteiger partial charge in [0, 0.05) is 12.3 Å². The summed E-state index contributed by atoms with van der Waals surface area (Å²) in [6.45, 7) is 4.94. The molecule has 0 spiro atoms. The molecule has 1 aromatic rings. The minimum absolute atomic E-state index is 0.419. The van der Waals surface area contributed by atoms with Gasteiger partial charge in [0.15, 0.2) is 0 Å². The maximum Gasteiger partial charge on any atom is 0.141 e. The summed E-state index contributed by atoms with van der Waals surface area (Å²) in [6, 6.07) is 2.43. The SMILES string of the molecule is C=N/C=C\SCN(C)Sc1cc(C)c(F)cc1F. The Hall–Kier alpha value is -0.850. The van der Waals surface area contributed by atoms with Crippen molar-refractivity contribution in [1.82, 2.24) is 4.31 Å². The third-order valence-electron chi connectivity index (χ3n) is 1.99. The lowest BCUT2D eigenvalue weighted by Gasteiger charge is -2.14. The number of rotatable bonds is 6. The minimum Gasteiger partial charge on any atom is -0.272 e. The quantitative estimate of drug-likeness (QED) is 0.446. The highest BCUT2D eigenvalue weighted by Gasteiger charge is 2.10. The molecule has 0 heterocycles. The van der Waals surface area contributed by atoms with Crippen LogP contribution in [-0.2, 0) is 0 Å².